The molecule has 0 aliphatic carbocycles. The van der Waals surface area contributed by atoms with Crippen LogP contribution in [0, 0.1) is 0 Å². The molecular weight excluding hydrogens is 311 g/mol. The van der Waals surface area contributed by atoms with Crippen molar-refractivity contribution in [1.29, 1.82) is 0 Å². The van der Waals surface area contributed by atoms with E-state index in [2.05, 4.69) is 4.98 Å². The molecule has 0 saturated heterocycles. The molecule has 21 heavy (non-hydrogen) atoms. The number of rotatable bonds is 3. The minimum absolute atomic E-state index is 0.0398. The van der Waals surface area contributed by atoms with Gasteiger partial charge >= 0.3 is 12.1 Å². The summed E-state index contributed by atoms with van der Waals surface area (Å²) in [4.78, 5) is 14.7. The first kappa shape index (κ1) is 15.1. The predicted molar refractivity (Wildman–Crippen MR) is 67.7 cm³/mol. The summed E-state index contributed by atoms with van der Waals surface area (Å²) in [6.45, 7) is 0. The van der Waals surface area contributed by atoms with Crippen molar-refractivity contribution < 1.29 is 27.8 Å². The van der Waals surface area contributed by atoms with Crippen molar-refractivity contribution in [2.45, 2.75) is 6.18 Å². The van der Waals surface area contributed by atoms with Gasteiger partial charge in [-0.1, -0.05) is 17.7 Å². The van der Waals surface area contributed by atoms with Gasteiger partial charge in [0.25, 0.3) is 0 Å². The lowest BCUT2D eigenvalue weighted by Gasteiger charge is -2.10. The second-order valence-corrected chi connectivity index (χ2v) is 4.31. The number of carboxylic acids is 1. The number of benzene rings is 1. The third kappa shape index (κ3) is 3.63. The average molecular weight is 318 g/mol. The molecule has 4 nitrogen and oxygen atoms in total. The van der Waals surface area contributed by atoms with E-state index in [9.17, 15) is 18.0 Å². The second kappa shape index (κ2) is 5.61. The highest BCUT2D eigenvalue weighted by Crippen LogP contribution is 2.33. The van der Waals surface area contributed by atoms with E-state index in [4.69, 9.17) is 21.4 Å². The van der Waals surface area contributed by atoms with Crippen molar-refractivity contribution in [3.8, 4) is 11.6 Å². The number of aromatic carboxylic acids is 1. The van der Waals surface area contributed by atoms with Crippen molar-refractivity contribution in [1.82, 2.24) is 4.98 Å². The topological polar surface area (TPSA) is 59.4 Å². The van der Waals surface area contributed by atoms with Crippen LogP contribution in [-0.4, -0.2) is 16.1 Å². The maximum atomic E-state index is 12.6. The zero-order chi connectivity index (χ0) is 15.6. The number of halogens is 4. The van der Waals surface area contributed by atoms with Crippen LogP contribution in [0.5, 0.6) is 11.6 Å². The number of aromatic nitrogens is 1. The number of hydrogen-bond donors (Lipinski definition) is 1. The fourth-order valence-electron chi connectivity index (χ4n) is 1.51. The Morgan fingerprint density at radius 2 is 1.95 bits per heavy atom. The van der Waals surface area contributed by atoms with Crippen LogP contribution in [-0.2, 0) is 6.18 Å². The van der Waals surface area contributed by atoms with Crippen LogP contribution >= 0.6 is 11.6 Å². The van der Waals surface area contributed by atoms with E-state index in [0.29, 0.717) is 0 Å². The van der Waals surface area contributed by atoms with Crippen LogP contribution in [0.3, 0.4) is 0 Å². The number of carboxylic acid groups (broad SMARTS) is 1. The predicted octanol–water partition coefficient (Wildman–Crippen LogP) is 4.24. The monoisotopic (exact) mass is 317 g/mol. The van der Waals surface area contributed by atoms with Gasteiger partial charge in [0.2, 0.25) is 5.88 Å². The Labute approximate surface area is 121 Å². The van der Waals surface area contributed by atoms with Gasteiger partial charge in [0, 0.05) is 0 Å². The average Bonchev–Trinajstić information content (AvgIpc) is 2.37. The molecule has 0 spiro atoms. The van der Waals surface area contributed by atoms with Gasteiger partial charge < -0.3 is 9.84 Å². The molecule has 0 aliphatic rings. The summed E-state index contributed by atoms with van der Waals surface area (Å²) in [6.07, 6.45) is -4.53. The molecule has 0 unspecified atom stereocenters. The van der Waals surface area contributed by atoms with Crippen LogP contribution in [0.25, 0.3) is 0 Å². The third-order valence-corrected chi connectivity index (χ3v) is 2.64. The minimum Gasteiger partial charge on any atom is -0.477 e. The van der Waals surface area contributed by atoms with E-state index in [1.807, 2.05) is 0 Å². The van der Waals surface area contributed by atoms with Gasteiger partial charge in [-0.05, 0) is 30.3 Å². The largest absolute Gasteiger partial charge is 0.477 e. The Morgan fingerprint density at radius 3 is 2.57 bits per heavy atom. The Balaban J connectivity index is 2.39. The number of hydrogen-bond acceptors (Lipinski definition) is 3. The summed E-state index contributed by atoms with van der Waals surface area (Å²) in [5.41, 5.74) is -1.23. The molecule has 1 aromatic carbocycles. The third-order valence-electron chi connectivity index (χ3n) is 2.43. The van der Waals surface area contributed by atoms with Crippen molar-refractivity contribution in [3.63, 3.8) is 0 Å². The molecule has 0 aliphatic heterocycles. The van der Waals surface area contributed by atoms with Crippen LogP contribution < -0.4 is 4.74 Å². The van der Waals surface area contributed by atoms with Gasteiger partial charge in [-0.3, -0.25) is 0 Å². The Bertz CT molecular complexity index is 689. The lowest BCUT2D eigenvalue weighted by molar-refractivity contribution is -0.137. The highest BCUT2D eigenvalue weighted by Gasteiger charge is 2.30. The van der Waals surface area contributed by atoms with E-state index in [1.165, 1.54) is 12.1 Å². The summed E-state index contributed by atoms with van der Waals surface area (Å²) >= 11 is 5.63. The van der Waals surface area contributed by atoms with Gasteiger partial charge in [0.1, 0.15) is 16.5 Å². The zero-order valence-corrected chi connectivity index (χ0v) is 10.9. The lowest BCUT2D eigenvalue weighted by atomic mass is 10.2. The second-order valence-electron chi connectivity index (χ2n) is 3.92. The van der Waals surface area contributed by atoms with Gasteiger partial charge in [-0.15, -0.1) is 0 Å². The Morgan fingerprint density at radius 1 is 1.24 bits per heavy atom. The van der Waals surface area contributed by atoms with Crippen molar-refractivity contribution in [2.75, 3.05) is 0 Å². The molecule has 1 heterocycles. The highest BCUT2D eigenvalue weighted by atomic mass is 35.5. The molecule has 1 aromatic heterocycles. The summed E-state index contributed by atoms with van der Waals surface area (Å²) in [6, 6.07) is 6.40. The molecule has 0 radical (unpaired) electrons. The standard InChI is InChI=1S/C13H7ClF3NO3/c14-10-5-4-9(12(19)20)11(18-10)21-8-3-1-2-7(6-8)13(15,16)17/h1-6H,(H,19,20). The van der Waals surface area contributed by atoms with Crippen LogP contribution in [0.2, 0.25) is 5.15 Å². The highest BCUT2D eigenvalue weighted by molar-refractivity contribution is 6.29. The number of ether oxygens (including phenoxy) is 1. The van der Waals surface area contributed by atoms with E-state index in [1.54, 1.807) is 0 Å². The quantitative estimate of drug-likeness (QED) is 0.860. The fraction of sp³-hybridized carbons (Fsp3) is 0.0769. The van der Waals surface area contributed by atoms with Crippen molar-refractivity contribution in [3.05, 3.63) is 52.7 Å². The van der Waals surface area contributed by atoms with Gasteiger partial charge in [-0.25, -0.2) is 9.78 Å². The van der Waals surface area contributed by atoms with Crippen molar-refractivity contribution >= 4 is 17.6 Å². The number of carbonyl (C=O) groups is 1. The molecule has 1 N–H and O–H groups in total. The number of pyridine rings is 1. The first-order valence-corrected chi connectivity index (χ1v) is 5.90. The van der Waals surface area contributed by atoms with Gasteiger partial charge in [0.05, 0.1) is 5.56 Å². The Kier molecular flexibility index (Phi) is 4.04. The molecule has 0 bridgehead atoms. The Hall–Kier alpha value is -2.28. The molecule has 2 rings (SSSR count). The number of alkyl halides is 3. The normalized spacial score (nSPS) is 11.2. The van der Waals surface area contributed by atoms with E-state index in [0.717, 1.165) is 24.3 Å². The first-order chi connectivity index (χ1) is 9.77. The van der Waals surface area contributed by atoms with Gasteiger partial charge in [0.15, 0.2) is 0 Å². The molecule has 0 saturated carbocycles. The SMILES string of the molecule is O=C(O)c1ccc(Cl)nc1Oc1cccc(C(F)(F)F)c1. The molecule has 0 fully saturated rings. The van der Waals surface area contributed by atoms with E-state index < -0.39 is 17.7 Å². The molecule has 0 amide bonds. The van der Waals surface area contributed by atoms with Crippen LogP contribution in [0.15, 0.2) is 36.4 Å². The molecular formula is C13H7ClF3NO3. The minimum atomic E-state index is -4.53. The zero-order valence-electron chi connectivity index (χ0n) is 10.2. The molecule has 0 atom stereocenters. The van der Waals surface area contributed by atoms with Gasteiger partial charge in [-0.2, -0.15) is 13.2 Å². The maximum absolute atomic E-state index is 12.6. The molecule has 8 heteroatoms. The first-order valence-electron chi connectivity index (χ1n) is 5.52. The summed E-state index contributed by atoms with van der Waals surface area (Å²) in [7, 11) is 0. The fourth-order valence-corrected chi connectivity index (χ4v) is 1.65. The van der Waals surface area contributed by atoms with Crippen molar-refractivity contribution in [2.24, 2.45) is 0 Å². The van der Waals surface area contributed by atoms with Crippen LogP contribution in [0.4, 0.5) is 13.2 Å². The van der Waals surface area contributed by atoms with E-state index >= 15 is 0 Å². The number of nitrogens with zero attached hydrogens (tertiary/aromatic N) is 1. The summed E-state index contributed by atoms with van der Waals surface area (Å²) < 4.78 is 42.9. The lowest BCUT2D eigenvalue weighted by Crippen LogP contribution is -2.05. The molecule has 2 aromatic rings. The summed E-state index contributed by atoms with van der Waals surface area (Å²) in [5.74, 6) is -1.91. The van der Waals surface area contributed by atoms with E-state index in [-0.39, 0.29) is 22.3 Å². The molecule has 110 valence electrons. The maximum Gasteiger partial charge on any atom is 0.416 e. The summed E-state index contributed by atoms with van der Waals surface area (Å²) in [5, 5.41) is 8.94. The smallest absolute Gasteiger partial charge is 0.416 e. The van der Waals surface area contributed by atoms with Crippen LogP contribution in [0.1, 0.15) is 15.9 Å².